The molecule has 0 saturated heterocycles. The molecule has 15 rings (SSSR count). The third-order valence-electron chi connectivity index (χ3n) is 20.3. The van der Waals surface area contributed by atoms with Crippen molar-refractivity contribution in [1.82, 2.24) is 0 Å². The van der Waals surface area contributed by atoms with Gasteiger partial charge in [0.05, 0.1) is 0 Å². The minimum atomic E-state index is 0.129. The molecule has 84 heavy (non-hydrogen) atoms. The van der Waals surface area contributed by atoms with E-state index >= 15 is 0 Å². The summed E-state index contributed by atoms with van der Waals surface area (Å²) in [6, 6.07) is 79.5. The van der Waals surface area contributed by atoms with Crippen LogP contribution in [-0.4, -0.2) is 0 Å². The molecule has 6 aliphatic rings. The number of rotatable bonds is 0. The van der Waals surface area contributed by atoms with Gasteiger partial charge in [-0.05, 0) is 187 Å². The fraction of sp³-hybridized carbons (Fsp3) is 0.357. The van der Waals surface area contributed by atoms with Gasteiger partial charge in [0.1, 0.15) is 0 Å². The van der Waals surface area contributed by atoms with Crippen LogP contribution in [0.1, 0.15) is 211 Å². The molecule has 0 radical (unpaired) electrons. The molecule has 0 N–H and O–H groups in total. The quantitative estimate of drug-likeness (QED) is 0.133. The summed E-state index contributed by atoms with van der Waals surface area (Å²) in [5, 5.41) is 0. The Kier molecular flexibility index (Phi) is 17.8. The van der Waals surface area contributed by atoms with Crippen LogP contribution in [0.2, 0.25) is 0 Å². The molecule has 0 saturated carbocycles. The van der Waals surface area contributed by atoms with Crippen molar-refractivity contribution in [2.45, 2.75) is 193 Å². The Balaban J connectivity index is 0.000000113. The van der Waals surface area contributed by atoms with Crippen LogP contribution in [0.15, 0.2) is 218 Å². The Morgan fingerprint density at radius 2 is 0.452 bits per heavy atom. The molecule has 9 aromatic carbocycles. The van der Waals surface area contributed by atoms with Crippen molar-refractivity contribution in [1.29, 1.82) is 0 Å². The van der Waals surface area contributed by atoms with Crippen molar-refractivity contribution in [2.75, 3.05) is 0 Å². The van der Waals surface area contributed by atoms with Gasteiger partial charge < -0.3 is 0 Å². The zero-order valence-corrected chi connectivity index (χ0v) is 53.3. The van der Waals surface area contributed by atoms with Gasteiger partial charge in [-0.25, -0.2) is 0 Å². The van der Waals surface area contributed by atoms with Crippen molar-refractivity contribution in [2.24, 2.45) is 0 Å². The van der Waals surface area contributed by atoms with Gasteiger partial charge in [-0.15, -0.1) is 0 Å². The molecule has 0 spiro atoms. The van der Waals surface area contributed by atoms with Crippen molar-refractivity contribution in [3.63, 3.8) is 0 Å². The lowest BCUT2D eigenvalue weighted by molar-refractivity contribution is 0.432. The monoisotopic (exact) mass is 1100 g/mol. The van der Waals surface area contributed by atoms with Crippen molar-refractivity contribution in [3.8, 4) is 11.1 Å². The summed E-state index contributed by atoms with van der Waals surface area (Å²) in [6.45, 7) is 28.1. The maximum absolute atomic E-state index is 2.37. The first-order chi connectivity index (χ1) is 40.2. The molecule has 432 valence electrons. The topological polar surface area (TPSA) is 0 Å². The standard InChI is InChI=1S/C17H18.C16H16.C15H14.C13H18.C12H16.C11H14/c1-17(2)15-9-5-3-7-13(15)11-12-14-8-4-6-10-16(14)17;1-16(2)14-9-5-3-7-12(14)11-13-8-4-6-10-15(13)16;1-15(2)13-9-5-3-7-11(13)12-8-4-6-10-14(12)15;1-13(2)10-6-5-8-11-7-3-4-9-12(11)13;1-12(2)9-5-7-10-6-3-4-8-11(10)12;1-11(2)8-7-9-5-3-4-6-10(9)11/h3-10H,11-12H2,1-2H3;3-10H,11H2,1-2H3;3-10H,1-2H3;3-4,7,9H,5-6,8,10H2,1-2H3;3-4,6,8H,5,7,9H2,1-2H3;3-6H,7-8H2,1-2H3. The highest BCUT2D eigenvalue weighted by molar-refractivity contribution is 5.80. The largest absolute Gasteiger partial charge is 0.0620 e. The highest BCUT2D eigenvalue weighted by atomic mass is 14.4. The second kappa shape index (κ2) is 24.9. The van der Waals surface area contributed by atoms with Gasteiger partial charge in [0.15, 0.2) is 0 Å². The molecule has 0 aliphatic heterocycles. The first-order valence-electron chi connectivity index (χ1n) is 32.0. The average Bonchev–Trinajstić information content (AvgIpc) is 3.37. The Morgan fingerprint density at radius 3 is 0.833 bits per heavy atom. The van der Waals surface area contributed by atoms with E-state index < -0.39 is 0 Å². The lowest BCUT2D eigenvalue weighted by Crippen LogP contribution is -2.26. The minimum absolute atomic E-state index is 0.129. The van der Waals surface area contributed by atoms with E-state index in [0.717, 1.165) is 19.3 Å². The maximum Gasteiger partial charge on any atom is 0.0158 e. The summed E-state index contributed by atoms with van der Waals surface area (Å²) in [6.07, 6.45) is 15.3. The molecule has 0 fully saturated rings. The smallest absolute Gasteiger partial charge is 0.0158 e. The van der Waals surface area contributed by atoms with Gasteiger partial charge in [0.2, 0.25) is 0 Å². The third-order valence-corrected chi connectivity index (χ3v) is 20.3. The first-order valence-corrected chi connectivity index (χ1v) is 32.0. The van der Waals surface area contributed by atoms with Crippen LogP contribution >= 0.6 is 0 Å². The molecule has 0 heteroatoms. The Hall–Kier alpha value is -7.02. The summed E-state index contributed by atoms with van der Waals surface area (Å²) >= 11 is 0. The second-order valence-electron chi connectivity index (χ2n) is 28.5. The van der Waals surface area contributed by atoms with Crippen molar-refractivity contribution >= 4 is 0 Å². The molecule has 0 amide bonds. The predicted molar refractivity (Wildman–Crippen MR) is 361 cm³/mol. The van der Waals surface area contributed by atoms with Gasteiger partial charge in [-0.3, -0.25) is 0 Å². The second-order valence-corrected chi connectivity index (χ2v) is 28.5. The molecule has 0 unspecified atom stereocenters. The summed E-state index contributed by atoms with van der Waals surface area (Å²) in [5.41, 5.74) is 28.7. The molecule has 0 bridgehead atoms. The number of aryl methyl sites for hydroxylation is 5. The van der Waals surface area contributed by atoms with E-state index in [-0.39, 0.29) is 16.2 Å². The highest BCUT2D eigenvalue weighted by Gasteiger charge is 2.36. The fourth-order valence-corrected chi connectivity index (χ4v) is 15.4. The SMILES string of the molecule is CC1(C)CCCCc2ccccc21.CC1(C)CCCc2ccccc21.CC1(C)CCc2ccccc21.CC1(C)c2ccccc2-c2ccccc21.CC1(C)c2ccccc2CCc2ccccc21.CC1(C)c2ccccc2Cc2ccccc21. The van der Waals surface area contributed by atoms with E-state index in [4.69, 9.17) is 0 Å². The molecule has 0 aromatic heterocycles. The van der Waals surface area contributed by atoms with Crippen LogP contribution in [0, 0.1) is 0 Å². The molecular formula is C84H96. The fourth-order valence-electron chi connectivity index (χ4n) is 15.4. The number of benzene rings is 9. The van der Waals surface area contributed by atoms with Crippen LogP contribution < -0.4 is 0 Å². The van der Waals surface area contributed by atoms with E-state index in [9.17, 15) is 0 Å². The summed E-state index contributed by atoms with van der Waals surface area (Å²) in [5.74, 6) is 0. The van der Waals surface area contributed by atoms with E-state index in [0.29, 0.717) is 16.2 Å². The third kappa shape index (κ3) is 12.7. The van der Waals surface area contributed by atoms with Crippen LogP contribution in [0.3, 0.4) is 0 Å². The van der Waals surface area contributed by atoms with E-state index in [2.05, 4.69) is 301 Å². The first kappa shape index (κ1) is 60.1. The van der Waals surface area contributed by atoms with Crippen LogP contribution in [0.25, 0.3) is 11.1 Å². The van der Waals surface area contributed by atoms with Crippen LogP contribution in [0.5, 0.6) is 0 Å². The van der Waals surface area contributed by atoms with Gasteiger partial charge in [0, 0.05) is 16.2 Å². The van der Waals surface area contributed by atoms with Crippen molar-refractivity contribution in [3.05, 3.63) is 307 Å². The van der Waals surface area contributed by atoms with E-state index in [1.807, 2.05) is 0 Å². The highest BCUT2D eigenvalue weighted by Crippen LogP contribution is 2.48. The molecule has 9 aromatic rings. The summed E-state index contributed by atoms with van der Waals surface area (Å²) in [4.78, 5) is 0. The lowest BCUT2D eigenvalue weighted by atomic mass is 9.69. The average molecular weight is 1110 g/mol. The zero-order chi connectivity index (χ0) is 59.3. The molecule has 0 heterocycles. The number of fused-ring (bicyclic) bond motifs is 10. The number of hydrogen-bond acceptors (Lipinski definition) is 0. The lowest BCUT2D eigenvalue weighted by Gasteiger charge is -2.35. The van der Waals surface area contributed by atoms with Crippen LogP contribution in [-0.2, 0) is 71.0 Å². The van der Waals surface area contributed by atoms with Gasteiger partial charge >= 0.3 is 0 Å². The number of hydrogen-bond donors (Lipinski definition) is 0. The van der Waals surface area contributed by atoms with E-state index in [1.165, 1.54) is 125 Å². The van der Waals surface area contributed by atoms with Crippen LogP contribution in [0.4, 0.5) is 0 Å². The van der Waals surface area contributed by atoms with Gasteiger partial charge in [-0.2, -0.15) is 0 Å². The van der Waals surface area contributed by atoms with Crippen molar-refractivity contribution < 1.29 is 0 Å². The Bertz CT molecular complexity index is 3550. The predicted octanol–water partition coefficient (Wildman–Crippen LogP) is 21.9. The normalized spacial score (nSPS) is 18.0. The Morgan fingerprint density at radius 1 is 0.202 bits per heavy atom. The minimum Gasteiger partial charge on any atom is -0.0620 e. The molecular weight excluding hydrogens is 1010 g/mol. The molecule has 0 nitrogen and oxygen atoms in total. The molecule has 0 atom stereocenters. The van der Waals surface area contributed by atoms with E-state index in [1.54, 1.807) is 33.4 Å². The summed E-state index contributed by atoms with van der Waals surface area (Å²) < 4.78 is 0. The Labute approximate surface area is 508 Å². The summed E-state index contributed by atoms with van der Waals surface area (Å²) in [7, 11) is 0. The van der Waals surface area contributed by atoms with Gasteiger partial charge in [0.25, 0.3) is 0 Å². The zero-order valence-electron chi connectivity index (χ0n) is 53.3. The maximum atomic E-state index is 2.37. The molecule has 6 aliphatic carbocycles. The van der Waals surface area contributed by atoms with Gasteiger partial charge in [-0.1, -0.05) is 308 Å².